The summed E-state index contributed by atoms with van der Waals surface area (Å²) < 4.78 is 11.4. The fourth-order valence-electron chi connectivity index (χ4n) is 2.98. The Balaban J connectivity index is 1.44. The Kier molecular flexibility index (Phi) is 5.44. The number of benzene rings is 1. The van der Waals surface area contributed by atoms with Gasteiger partial charge < -0.3 is 19.7 Å². The van der Waals surface area contributed by atoms with E-state index in [9.17, 15) is 4.79 Å². The Morgan fingerprint density at radius 1 is 1.22 bits per heavy atom. The van der Waals surface area contributed by atoms with Crippen LogP contribution >= 0.6 is 23.2 Å². The molecule has 0 aromatic heterocycles. The van der Waals surface area contributed by atoms with Crippen molar-refractivity contribution in [2.24, 2.45) is 0 Å². The van der Waals surface area contributed by atoms with E-state index in [1.165, 1.54) is 0 Å². The van der Waals surface area contributed by atoms with Gasteiger partial charge in [0.1, 0.15) is 0 Å². The fourth-order valence-corrected chi connectivity index (χ4v) is 3.32. The predicted molar refractivity (Wildman–Crippen MR) is 90.0 cm³/mol. The van der Waals surface area contributed by atoms with Crippen LogP contribution in [0.5, 0.6) is 0 Å². The molecule has 1 aromatic rings. The Bertz CT molecular complexity index is 566. The molecule has 1 N–H and O–H groups in total. The number of halogens is 2. The van der Waals surface area contributed by atoms with E-state index in [0.717, 1.165) is 25.9 Å². The molecule has 2 aliphatic rings. The van der Waals surface area contributed by atoms with Gasteiger partial charge in [-0.25, -0.2) is 0 Å². The molecule has 0 bridgehead atoms. The average molecular weight is 359 g/mol. The molecule has 0 radical (unpaired) electrons. The lowest BCUT2D eigenvalue weighted by Crippen LogP contribution is -2.45. The normalized spacial score (nSPS) is 20.8. The molecule has 1 aromatic carbocycles. The highest BCUT2D eigenvalue weighted by atomic mass is 35.5. The summed E-state index contributed by atoms with van der Waals surface area (Å²) in [6, 6.07) is 5.19. The number of piperidine rings is 1. The number of amides is 1. The molecule has 0 saturated carbocycles. The number of hydrogen-bond donors (Lipinski definition) is 1. The number of ether oxygens (including phenoxy) is 2. The van der Waals surface area contributed by atoms with Crippen molar-refractivity contribution < 1.29 is 14.3 Å². The molecule has 2 aliphatic heterocycles. The molecule has 3 rings (SSSR count). The van der Waals surface area contributed by atoms with Crippen LogP contribution in [0.4, 0.5) is 5.69 Å². The Morgan fingerprint density at radius 2 is 1.91 bits per heavy atom. The number of rotatable bonds is 4. The minimum Gasteiger partial charge on any atom is -0.347 e. The maximum Gasteiger partial charge on any atom is 0.225 e. The van der Waals surface area contributed by atoms with Crippen molar-refractivity contribution in [3.63, 3.8) is 0 Å². The monoisotopic (exact) mass is 358 g/mol. The van der Waals surface area contributed by atoms with Crippen LogP contribution in [0, 0.1) is 0 Å². The van der Waals surface area contributed by atoms with Gasteiger partial charge in [0.2, 0.25) is 5.91 Å². The summed E-state index contributed by atoms with van der Waals surface area (Å²) in [5.74, 6) is -0.435. The van der Waals surface area contributed by atoms with Crippen LogP contribution in [0.3, 0.4) is 0 Å². The van der Waals surface area contributed by atoms with Gasteiger partial charge in [0.25, 0.3) is 0 Å². The van der Waals surface area contributed by atoms with Gasteiger partial charge in [-0.3, -0.25) is 4.79 Å². The van der Waals surface area contributed by atoms with Gasteiger partial charge in [-0.2, -0.15) is 0 Å². The van der Waals surface area contributed by atoms with Gasteiger partial charge in [0, 0.05) is 38.9 Å². The number of nitrogens with one attached hydrogen (secondary N) is 1. The number of anilines is 1. The highest BCUT2D eigenvalue weighted by Crippen LogP contribution is 2.31. The lowest BCUT2D eigenvalue weighted by Gasteiger charge is -2.37. The lowest BCUT2D eigenvalue weighted by atomic mass is 10.0. The topological polar surface area (TPSA) is 50.8 Å². The zero-order valence-corrected chi connectivity index (χ0v) is 14.3. The maximum absolute atomic E-state index is 12.1. The first-order chi connectivity index (χ1) is 11.1. The van der Waals surface area contributed by atoms with Crippen molar-refractivity contribution in [2.45, 2.75) is 25.0 Å². The van der Waals surface area contributed by atoms with Gasteiger partial charge in [-0.1, -0.05) is 29.3 Å². The van der Waals surface area contributed by atoms with Crippen LogP contribution in [0.25, 0.3) is 0 Å². The summed E-state index contributed by atoms with van der Waals surface area (Å²) in [6.07, 6.45) is 2.13. The molecule has 2 saturated heterocycles. The summed E-state index contributed by atoms with van der Waals surface area (Å²) in [7, 11) is 0. The molecule has 1 spiro atoms. The molecule has 0 unspecified atom stereocenters. The SMILES string of the molecule is O=C(CCN1CCC2(CC1)OCCO2)Nc1cccc(Cl)c1Cl. The minimum atomic E-state index is -0.368. The first kappa shape index (κ1) is 17.0. The molecular weight excluding hydrogens is 339 g/mol. The zero-order valence-electron chi connectivity index (χ0n) is 12.8. The Morgan fingerprint density at radius 3 is 2.61 bits per heavy atom. The van der Waals surface area contributed by atoms with Gasteiger partial charge in [-0.05, 0) is 12.1 Å². The van der Waals surface area contributed by atoms with E-state index in [1.54, 1.807) is 18.2 Å². The van der Waals surface area contributed by atoms with Crippen LogP contribution in [-0.4, -0.2) is 49.4 Å². The number of carbonyl (C=O) groups excluding carboxylic acids is 1. The van der Waals surface area contributed by atoms with Gasteiger partial charge >= 0.3 is 0 Å². The Labute approximate surface area is 145 Å². The molecule has 0 atom stereocenters. The quantitative estimate of drug-likeness (QED) is 0.897. The summed E-state index contributed by atoms with van der Waals surface area (Å²) in [4.78, 5) is 14.3. The molecule has 2 fully saturated rings. The zero-order chi connectivity index (χ0) is 16.3. The standard InChI is InChI=1S/C16H20Cl2N2O3/c17-12-2-1-3-13(15(12)18)19-14(21)4-7-20-8-5-16(6-9-20)22-10-11-23-16/h1-3H,4-11H2,(H,19,21). The number of hydrogen-bond acceptors (Lipinski definition) is 4. The molecule has 2 heterocycles. The van der Waals surface area contributed by atoms with E-state index >= 15 is 0 Å². The van der Waals surface area contributed by atoms with Crippen molar-refractivity contribution in [1.82, 2.24) is 4.90 Å². The first-order valence-electron chi connectivity index (χ1n) is 7.82. The molecule has 5 nitrogen and oxygen atoms in total. The van der Waals surface area contributed by atoms with Gasteiger partial charge in [-0.15, -0.1) is 0 Å². The summed E-state index contributed by atoms with van der Waals surface area (Å²) in [6.45, 7) is 3.84. The molecule has 7 heteroatoms. The smallest absolute Gasteiger partial charge is 0.225 e. The Hall–Kier alpha value is -0.850. The highest BCUT2D eigenvalue weighted by molar-refractivity contribution is 6.43. The van der Waals surface area contributed by atoms with E-state index < -0.39 is 0 Å². The van der Waals surface area contributed by atoms with Crippen LogP contribution in [0.1, 0.15) is 19.3 Å². The second kappa shape index (κ2) is 7.36. The van der Waals surface area contributed by atoms with Gasteiger partial charge in [0.05, 0.1) is 28.9 Å². The summed E-state index contributed by atoms with van der Waals surface area (Å²) >= 11 is 12.0. The summed E-state index contributed by atoms with van der Waals surface area (Å²) in [5, 5.41) is 3.61. The number of likely N-dealkylation sites (tertiary alicyclic amines) is 1. The van der Waals surface area contributed by atoms with E-state index in [2.05, 4.69) is 10.2 Å². The summed E-state index contributed by atoms with van der Waals surface area (Å²) in [5.41, 5.74) is 0.550. The van der Waals surface area contributed by atoms with Crippen LogP contribution in [0.15, 0.2) is 18.2 Å². The van der Waals surface area contributed by atoms with Crippen LogP contribution < -0.4 is 5.32 Å². The van der Waals surface area contributed by atoms with Crippen molar-refractivity contribution in [3.05, 3.63) is 28.2 Å². The third kappa shape index (κ3) is 4.17. The second-order valence-electron chi connectivity index (χ2n) is 5.85. The second-order valence-corrected chi connectivity index (χ2v) is 6.63. The molecule has 126 valence electrons. The predicted octanol–water partition coefficient (Wildman–Crippen LogP) is 3.16. The van der Waals surface area contributed by atoms with E-state index in [1.807, 2.05) is 0 Å². The molecular formula is C16H20Cl2N2O3. The lowest BCUT2D eigenvalue weighted by molar-refractivity contribution is -0.185. The maximum atomic E-state index is 12.1. The van der Waals surface area contributed by atoms with E-state index in [4.69, 9.17) is 32.7 Å². The minimum absolute atomic E-state index is 0.0668. The first-order valence-corrected chi connectivity index (χ1v) is 8.58. The number of nitrogens with zero attached hydrogens (tertiary/aromatic N) is 1. The number of carbonyl (C=O) groups is 1. The van der Waals surface area contributed by atoms with Crippen molar-refractivity contribution in [2.75, 3.05) is 38.2 Å². The highest BCUT2D eigenvalue weighted by Gasteiger charge is 2.39. The molecule has 0 aliphatic carbocycles. The van der Waals surface area contributed by atoms with Crippen molar-refractivity contribution in [3.8, 4) is 0 Å². The van der Waals surface area contributed by atoms with Crippen LogP contribution in [0.2, 0.25) is 10.0 Å². The van der Waals surface area contributed by atoms with Crippen molar-refractivity contribution in [1.29, 1.82) is 0 Å². The van der Waals surface area contributed by atoms with Gasteiger partial charge in [0.15, 0.2) is 5.79 Å². The fraction of sp³-hybridized carbons (Fsp3) is 0.562. The third-order valence-corrected chi connectivity index (χ3v) is 5.13. The third-order valence-electron chi connectivity index (χ3n) is 4.31. The molecule has 1 amide bonds. The van der Waals surface area contributed by atoms with Crippen molar-refractivity contribution >= 4 is 34.8 Å². The van der Waals surface area contributed by atoms with Crippen LogP contribution in [-0.2, 0) is 14.3 Å². The van der Waals surface area contributed by atoms with E-state index in [-0.39, 0.29) is 11.7 Å². The molecule has 23 heavy (non-hydrogen) atoms. The average Bonchev–Trinajstić information content (AvgIpc) is 3.00. The van der Waals surface area contributed by atoms with E-state index in [0.29, 0.717) is 41.9 Å². The largest absolute Gasteiger partial charge is 0.347 e.